The Hall–Kier alpha value is -1.65. The number of anilines is 1. The van der Waals surface area contributed by atoms with Crippen molar-refractivity contribution in [2.75, 3.05) is 5.32 Å². The van der Waals surface area contributed by atoms with Gasteiger partial charge in [-0.3, -0.25) is 0 Å². The van der Waals surface area contributed by atoms with Gasteiger partial charge in [-0.15, -0.1) is 0 Å². The quantitative estimate of drug-likeness (QED) is 0.842. The van der Waals surface area contributed by atoms with Crippen LogP contribution in [0.1, 0.15) is 29.7 Å². The Kier molecular flexibility index (Phi) is 4.57. The first-order valence-corrected chi connectivity index (χ1v) is 7.05. The van der Waals surface area contributed by atoms with Gasteiger partial charge in [-0.25, -0.2) is 4.98 Å². The van der Waals surface area contributed by atoms with Crippen molar-refractivity contribution in [3.8, 4) is 0 Å². The van der Waals surface area contributed by atoms with Gasteiger partial charge in [-0.1, -0.05) is 42.0 Å². The second kappa shape index (κ2) is 6.20. The first kappa shape index (κ1) is 14.8. The van der Waals surface area contributed by atoms with Crippen LogP contribution in [0.5, 0.6) is 0 Å². The number of rotatable bonds is 4. The van der Waals surface area contributed by atoms with E-state index < -0.39 is 0 Å². The minimum atomic E-state index is 0.00565. The van der Waals surface area contributed by atoms with E-state index in [1.165, 1.54) is 0 Å². The largest absolute Gasteiger partial charge is 0.389 e. The normalized spacial score (nSPS) is 11.9. The van der Waals surface area contributed by atoms with Crippen molar-refractivity contribution in [3.05, 3.63) is 58.2 Å². The van der Waals surface area contributed by atoms with Crippen LogP contribution in [0.25, 0.3) is 0 Å². The lowest BCUT2D eigenvalue weighted by molar-refractivity contribution is 0.873. The molecule has 2 rings (SSSR count). The average Bonchev–Trinajstić information content (AvgIpc) is 2.38. The zero-order chi connectivity index (χ0) is 14.7. The zero-order valence-corrected chi connectivity index (χ0v) is 12.9. The van der Waals surface area contributed by atoms with Gasteiger partial charge >= 0.3 is 0 Å². The Morgan fingerprint density at radius 1 is 1.35 bits per heavy atom. The lowest BCUT2D eigenvalue weighted by Gasteiger charge is -2.19. The molecule has 0 aliphatic rings. The van der Waals surface area contributed by atoms with Crippen LogP contribution in [0.3, 0.4) is 0 Å². The Morgan fingerprint density at radius 2 is 2.05 bits per heavy atom. The summed E-state index contributed by atoms with van der Waals surface area (Å²) in [6, 6.07) is 9.61. The van der Waals surface area contributed by atoms with Gasteiger partial charge in [0, 0.05) is 11.2 Å². The molecule has 0 saturated heterocycles. The molecule has 0 amide bonds. The number of nitrogens with zero attached hydrogens (tertiary/aromatic N) is 1. The number of nitrogens with one attached hydrogen (secondary N) is 1. The number of hydrogen-bond donors (Lipinski definition) is 2. The van der Waals surface area contributed by atoms with Crippen molar-refractivity contribution in [1.82, 2.24) is 4.98 Å². The Morgan fingerprint density at radius 3 is 2.70 bits per heavy atom. The van der Waals surface area contributed by atoms with Gasteiger partial charge < -0.3 is 11.1 Å². The fraction of sp³-hybridized carbons (Fsp3) is 0.200. The smallest absolute Gasteiger partial charge is 0.136 e. The van der Waals surface area contributed by atoms with Gasteiger partial charge in [0.2, 0.25) is 0 Å². The minimum Gasteiger partial charge on any atom is -0.389 e. The van der Waals surface area contributed by atoms with Crippen LogP contribution in [0, 0.1) is 6.92 Å². The number of halogens is 1. The summed E-state index contributed by atoms with van der Waals surface area (Å²) in [7, 11) is 0. The van der Waals surface area contributed by atoms with E-state index >= 15 is 0 Å². The Bertz CT molecular complexity index is 643. The summed E-state index contributed by atoms with van der Waals surface area (Å²) >= 11 is 11.3. The first-order chi connectivity index (χ1) is 9.50. The first-order valence-electron chi connectivity index (χ1n) is 6.27. The van der Waals surface area contributed by atoms with E-state index in [1.54, 1.807) is 6.20 Å². The van der Waals surface area contributed by atoms with E-state index in [1.807, 2.05) is 44.2 Å². The maximum Gasteiger partial charge on any atom is 0.136 e. The SMILES string of the molecule is Cc1ccnc(NC(C)c2ccccc2Cl)c1C(N)=S. The van der Waals surface area contributed by atoms with Crippen LogP contribution >= 0.6 is 23.8 Å². The number of nitrogens with two attached hydrogens (primary N) is 1. The van der Waals surface area contributed by atoms with Crippen LogP contribution in [-0.4, -0.2) is 9.97 Å². The number of benzene rings is 1. The number of aromatic nitrogens is 1. The summed E-state index contributed by atoms with van der Waals surface area (Å²) in [5, 5.41) is 4.05. The lowest BCUT2D eigenvalue weighted by atomic mass is 10.1. The van der Waals surface area contributed by atoms with Crippen molar-refractivity contribution in [1.29, 1.82) is 0 Å². The molecule has 1 aromatic carbocycles. The second-order valence-electron chi connectivity index (χ2n) is 4.60. The summed E-state index contributed by atoms with van der Waals surface area (Å²) in [4.78, 5) is 4.67. The number of hydrogen-bond acceptors (Lipinski definition) is 3. The van der Waals surface area contributed by atoms with Crippen molar-refractivity contribution in [2.45, 2.75) is 19.9 Å². The van der Waals surface area contributed by atoms with E-state index in [0.29, 0.717) is 10.8 Å². The second-order valence-corrected chi connectivity index (χ2v) is 5.45. The van der Waals surface area contributed by atoms with Crippen molar-refractivity contribution in [3.63, 3.8) is 0 Å². The third kappa shape index (κ3) is 3.08. The monoisotopic (exact) mass is 305 g/mol. The highest BCUT2D eigenvalue weighted by Crippen LogP contribution is 2.27. The van der Waals surface area contributed by atoms with Crippen LogP contribution < -0.4 is 11.1 Å². The molecule has 0 aliphatic carbocycles. The molecule has 3 N–H and O–H groups in total. The van der Waals surface area contributed by atoms with Gasteiger partial charge in [0.1, 0.15) is 10.8 Å². The predicted octanol–water partition coefficient (Wildman–Crippen LogP) is 3.85. The standard InChI is InChI=1S/C15H16ClN3S/c1-9-7-8-18-15(13(9)14(17)20)19-10(2)11-5-3-4-6-12(11)16/h3-8,10H,1-2H3,(H2,17,20)(H,18,19). The highest BCUT2D eigenvalue weighted by atomic mass is 35.5. The molecular formula is C15H16ClN3S. The van der Waals surface area contributed by atoms with Crippen molar-refractivity contribution in [2.24, 2.45) is 5.73 Å². The molecule has 1 aromatic heterocycles. The fourth-order valence-electron chi connectivity index (χ4n) is 2.09. The number of pyridine rings is 1. The van der Waals surface area contributed by atoms with Gasteiger partial charge in [0.05, 0.1) is 11.6 Å². The molecule has 0 saturated carbocycles. The number of thiocarbonyl (C=S) groups is 1. The highest BCUT2D eigenvalue weighted by Gasteiger charge is 2.14. The van der Waals surface area contributed by atoms with E-state index in [-0.39, 0.29) is 6.04 Å². The summed E-state index contributed by atoms with van der Waals surface area (Å²) in [5.41, 5.74) is 8.57. The molecule has 0 aliphatic heterocycles. The fourth-order valence-corrected chi connectivity index (χ4v) is 2.64. The van der Waals surface area contributed by atoms with E-state index in [4.69, 9.17) is 29.6 Å². The van der Waals surface area contributed by atoms with Crippen molar-refractivity contribution < 1.29 is 0 Å². The van der Waals surface area contributed by atoms with E-state index in [2.05, 4.69) is 10.3 Å². The zero-order valence-electron chi connectivity index (χ0n) is 11.4. The average molecular weight is 306 g/mol. The summed E-state index contributed by atoms with van der Waals surface area (Å²) in [5.74, 6) is 0.685. The lowest BCUT2D eigenvalue weighted by Crippen LogP contribution is -2.17. The van der Waals surface area contributed by atoms with Crippen LogP contribution in [0.15, 0.2) is 36.5 Å². The molecule has 0 fully saturated rings. The Balaban J connectivity index is 2.33. The molecule has 0 spiro atoms. The van der Waals surface area contributed by atoms with Gasteiger partial charge in [0.15, 0.2) is 0 Å². The highest BCUT2D eigenvalue weighted by molar-refractivity contribution is 7.80. The molecule has 104 valence electrons. The molecule has 1 atom stereocenters. The van der Waals surface area contributed by atoms with Gasteiger partial charge in [0.25, 0.3) is 0 Å². The molecular weight excluding hydrogens is 290 g/mol. The summed E-state index contributed by atoms with van der Waals surface area (Å²) in [6.07, 6.45) is 1.73. The third-order valence-corrected chi connectivity index (χ3v) is 3.68. The predicted molar refractivity (Wildman–Crippen MR) is 88.4 cm³/mol. The minimum absolute atomic E-state index is 0.00565. The topological polar surface area (TPSA) is 50.9 Å². The van der Waals surface area contributed by atoms with Crippen molar-refractivity contribution >= 4 is 34.6 Å². The number of aryl methyl sites for hydroxylation is 1. The van der Waals surface area contributed by atoms with Crippen LogP contribution in [0.2, 0.25) is 5.02 Å². The molecule has 2 aromatic rings. The molecule has 5 heteroatoms. The summed E-state index contributed by atoms with van der Waals surface area (Å²) < 4.78 is 0. The van der Waals surface area contributed by atoms with Gasteiger partial charge in [-0.2, -0.15) is 0 Å². The van der Waals surface area contributed by atoms with Crippen LogP contribution in [0.4, 0.5) is 5.82 Å². The molecule has 1 unspecified atom stereocenters. The maximum atomic E-state index is 6.21. The van der Waals surface area contributed by atoms with E-state index in [0.717, 1.165) is 21.7 Å². The summed E-state index contributed by atoms with van der Waals surface area (Å²) in [6.45, 7) is 3.98. The molecule has 1 heterocycles. The molecule has 0 bridgehead atoms. The third-order valence-electron chi connectivity index (χ3n) is 3.13. The van der Waals surface area contributed by atoms with Gasteiger partial charge in [-0.05, 0) is 37.1 Å². The Labute approximate surface area is 129 Å². The molecule has 3 nitrogen and oxygen atoms in total. The maximum absolute atomic E-state index is 6.21. The van der Waals surface area contributed by atoms with E-state index in [9.17, 15) is 0 Å². The van der Waals surface area contributed by atoms with Crippen LogP contribution in [-0.2, 0) is 0 Å². The molecule has 20 heavy (non-hydrogen) atoms. The molecule has 0 radical (unpaired) electrons.